The summed E-state index contributed by atoms with van der Waals surface area (Å²) in [5.41, 5.74) is 0.664. The van der Waals surface area contributed by atoms with E-state index in [2.05, 4.69) is 14.9 Å². The summed E-state index contributed by atoms with van der Waals surface area (Å²) in [6, 6.07) is 3.69. The summed E-state index contributed by atoms with van der Waals surface area (Å²) in [5.74, 6) is -1.69. The first-order chi connectivity index (χ1) is 8.22. The minimum atomic E-state index is -0.845. The molecule has 0 aliphatic carbocycles. The smallest absolute Gasteiger partial charge is 0.159 e. The molecule has 0 spiro atoms. The van der Waals surface area contributed by atoms with Crippen molar-refractivity contribution in [1.82, 2.24) is 14.9 Å². The summed E-state index contributed by atoms with van der Waals surface area (Å²) in [5, 5.41) is 6.94. The highest BCUT2D eigenvalue weighted by molar-refractivity contribution is 7.05. The monoisotopic (exact) mass is 255 g/mol. The number of benzene rings is 1. The maximum absolute atomic E-state index is 13.2. The molecule has 0 amide bonds. The van der Waals surface area contributed by atoms with E-state index in [1.165, 1.54) is 17.6 Å². The summed E-state index contributed by atoms with van der Waals surface area (Å²) in [6.07, 6.45) is 1.62. The molecular weight excluding hydrogens is 244 g/mol. The molecule has 17 heavy (non-hydrogen) atoms. The molecule has 0 saturated carbocycles. The van der Waals surface area contributed by atoms with Crippen LogP contribution in [0.5, 0.6) is 0 Å². The van der Waals surface area contributed by atoms with Gasteiger partial charge in [-0.05, 0) is 35.8 Å². The van der Waals surface area contributed by atoms with Gasteiger partial charge in [-0.2, -0.15) is 0 Å². The van der Waals surface area contributed by atoms with Crippen LogP contribution in [0.25, 0.3) is 0 Å². The Morgan fingerprint density at radius 2 is 2.18 bits per heavy atom. The first-order valence-corrected chi connectivity index (χ1v) is 5.95. The Kier molecular flexibility index (Phi) is 3.75. The Balaban J connectivity index is 2.35. The molecule has 1 atom stereocenters. The summed E-state index contributed by atoms with van der Waals surface area (Å²) < 4.78 is 29.8. The predicted molar refractivity (Wildman–Crippen MR) is 61.8 cm³/mol. The number of nitrogens with one attached hydrogen (secondary N) is 1. The molecule has 6 heteroatoms. The predicted octanol–water partition coefficient (Wildman–Crippen LogP) is 2.52. The third kappa shape index (κ3) is 2.65. The lowest BCUT2D eigenvalue weighted by atomic mass is 10.1. The Hall–Kier alpha value is -1.40. The lowest BCUT2D eigenvalue weighted by Gasteiger charge is -2.15. The number of nitrogens with zero attached hydrogens (tertiary/aromatic N) is 2. The quantitative estimate of drug-likeness (QED) is 0.912. The molecule has 2 rings (SSSR count). The van der Waals surface area contributed by atoms with Crippen molar-refractivity contribution >= 4 is 11.5 Å². The Labute approximate surface area is 102 Å². The Morgan fingerprint density at radius 3 is 2.76 bits per heavy atom. The number of hydrogen-bond acceptors (Lipinski definition) is 4. The second-order valence-corrected chi connectivity index (χ2v) is 4.30. The van der Waals surface area contributed by atoms with Crippen LogP contribution in [0.4, 0.5) is 8.78 Å². The van der Waals surface area contributed by atoms with Crippen molar-refractivity contribution in [3.8, 4) is 0 Å². The summed E-state index contributed by atoms with van der Waals surface area (Å²) >= 11 is 1.24. The van der Waals surface area contributed by atoms with Crippen molar-refractivity contribution in [3.05, 3.63) is 46.5 Å². The summed E-state index contributed by atoms with van der Waals surface area (Å²) in [4.78, 5) is 0.873. The number of hydrogen-bond donors (Lipinski definition) is 1. The Morgan fingerprint density at radius 1 is 1.35 bits per heavy atom. The van der Waals surface area contributed by atoms with Crippen LogP contribution in [0.2, 0.25) is 0 Å². The molecule has 0 aliphatic heterocycles. The maximum Gasteiger partial charge on any atom is 0.159 e. The van der Waals surface area contributed by atoms with Crippen molar-refractivity contribution in [2.24, 2.45) is 0 Å². The van der Waals surface area contributed by atoms with E-state index in [9.17, 15) is 8.78 Å². The highest BCUT2D eigenvalue weighted by atomic mass is 32.1. The van der Waals surface area contributed by atoms with Gasteiger partial charge in [-0.1, -0.05) is 17.5 Å². The summed E-state index contributed by atoms with van der Waals surface area (Å²) in [6.45, 7) is 2.66. The topological polar surface area (TPSA) is 37.8 Å². The Bertz CT molecular complexity index is 487. The second kappa shape index (κ2) is 5.29. The fourth-order valence-corrected chi connectivity index (χ4v) is 2.19. The van der Waals surface area contributed by atoms with Gasteiger partial charge in [0.05, 0.1) is 17.1 Å². The largest absolute Gasteiger partial charge is 0.306 e. The normalized spacial score (nSPS) is 12.6. The molecule has 2 aromatic rings. The van der Waals surface area contributed by atoms with E-state index in [1.54, 1.807) is 12.3 Å². The summed E-state index contributed by atoms with van der Waals surface area (Å²) in [7, 11) is 0. The van der Waals surface area contributed by atoms with Crippen LogP contribution in [-0.4, -0.2) is 16.1 Å². The van der Waals surface area contributed by atoms with Gasteiger partial charge in [0, 0.05) is 0 Å². The van der Waals surface area contributed by atoms with Crippen LogP contribution in [0.15, 0.2) is 24.4 Å². The lowest BCUT2D eigenvalue weighted by molar-refractivity contribution is 0.504. The van der Waals surface area contributed by atoms with Crippen molar-refractivity contribution in [2.45, 2.75) is 13.0 Å². The van der Waals surface area contributed by atoms with Crippen molar-refractivity contribution in [1.29, 1.82) is 0 Å². The fraction of sp³-hybridized carbons (Fsp3) is 0.273. The van der Waals surface area contributed by atoms with Gasteiger partial charge in [0.1, 0.15) is 0 Å². The molecule has 1 unspecified atom stereocenters. The molecule has 0 radical (unpaired) electrons. The van der Waals surface area contributed by atoms with Crippen molar-refractivity contribution < 1.29 is 8.78 Å². The number of aromatic nitrogens is 2. The maximum atomic E-state index is 13.2. The van der Waals surface area contributed by atoms with Gasteiger partial charge < -0.3 is 5.32 Å². The third-order valence-electron chi connectivity index (χ3n) is 2.35. The molecule has 0 aliphatic rings. The minimum absolute atomic E-state index is 0.199. The molecule has 3 nitrogen and oxygen atoms in total. The van der Waals surface area contributed by atoms with Crippen LogP contribution >= 0.6 is 11.5 Å². The standard InChI is InChI=1S/C11H11F2N3S/c1-2-14-11(10-6-15-16-17-10)7-3-4-8(12)9(13)5-7/h3-6,11,14H,2H2,1H3. The zero-order valence-corrected chi connectivity index (χ0v) is 9.97. The van der Waals surface area contributed by atoms with Crippen molar-refractivity contribution in [2.75, 3.05) is 6.54 Å². The van der Waals surface area contributed by atoms with E-state index in [0.717, 1.165) is 10.9 Å². The first kappa shape index (κ1) is 12.1. The van der Waals surface area contributed by atoms with Crippen LogP contribution in [0.3, 0.4) is 0 Å². The molecule has 90 valence electrons. The molecular formula is C11H11F2N3S. The van der Waals surface area contributed by atoms with E-state index >= 15 is 0 Å². The van der Waals surface area contributed by atoms with Gasteiger partial charge in [-0.3, -0.25) is 0 Å². The zero-order valence-electron chi connectivity index (χ0n) is 9.15. The van der Waals surface area contributed by atoms with Crippen LogP contribution < -0.4 is 5.32 Å². The minimum Gasteiger partial charge on any atom is -0.306 e. The van der Waals surface area contributed by atoms with Crippen molar-refractivity contribution in [3.63, 3.8) is 0 Å². The van der Waals surface area contributed by atoms with Gasteiger partial charge in [0.15, 0.2) is 11.6 Å². The lowest BCUT2D eigenvalue weighted by Crippen LogP contribution is -2.21. The van der Waals surface area contributed by atoms with Crippen LogP contribution in [0.1, 0.15) is 23.4 Å². The number of rotatable bonds is 4. The molecule has 0 fully saturated rings. The molecule has 1 N–H and O–H groups in total. The van der Waals surface area contributed by atoms with E-state index in [1.807, 2.05) is 6.92 Å². The highest BCUT2D eigenvalue weighted by Crippen LogP contribution is 2.24. The fourth-order valence-electron chi connectivity index (χ4n) is 1.58. The zero-order chi connectivity index (χ0) is 12.3. The van der Waals surface area contributed by atoms with E-state index < -0.39 is 11.6 Å². The van der Waals surface area contributed by atoms with Gasteiger partial charge >= 0.3 is 0 Å². The average molecular weight is 255 g/mol. The average Bonchev–Trinajstić information content (AvgIpc) is 2.83. The molecule has 1 heterocycles. The van der Waals surface area contributed by atoms with Gasteiger partial charge in [-0.15, -0.1) is 5.10 Å². The first-order valence-electron chi connectivity index (χ1n) is 5.18. The number of halogens is 2. The second-order valence-electron chi connectivity index (χ2n) is 3.48. The van der Waals surface area contributed by atoms with Crippen LogP contribution in [0, 0.1) is 11.6 Å². The van der Waals surface area contributed by atoms with E-state index in [0.29, 0.717) is 12.1 Å². The van der Waals surface area contributed by atoms with Gasteiger partial charge in [0.25, 0.3) is 0 Å². The van der Waals surface area contributed by atoms with Gasteiger partial charge in [0.2, 0.25) is 0 Å². The van der Waals surface area contributed by atoms with E-state index in [-0.39, 0.29) is 6.04 Å². The van der Waals surface area contributed by atoms with E-state index in [4.69, 9.17) is 0 Å². The molecule has 1 aromatic heterocycles. The van der Waals surface area contributed by atoms with Crippen LogP contribution in [-0.2, 0) is 0 Å². The third-order valence-corrected chi connectivity index (χ3v) is 3.08. The molecule has 0 bridgehead atoms. The molecule has 1 aromatic carbocycles. The SMILES string of the molecule is CCNC(c1ccc(F)c(F)c1)c1cnns1. The highest BCUT2D eigenvalue weighted by Gasteiger charge is 2.16. The van der Waals surface area contributed by atoms with Gasteiger partial charge in [-0.25, -0.2) is 8.78 Å². The molecule has 0 saturated heterocycles.